The molecular weight excluding hydrogens is 216 g/mol. The zero-order valence-corrected chi connectivity index (χ0v) is 10.8. The van der Waals surface area contributed by atoms with E-state index in [9.17, 15) is 4.79 Å². The van der Waals surface area contributed by atoms with Crippen LogP contribution in [0.3, 0.4) is 0 Å². The first-order valence-corrected chi connectivity index (χ1v) is 6.37. The zero-order chi connectivity index (χ0) is 12.6. The van der Waals surface area contributed by atoms with E-state index >= 15 is 0 Å². The molecule has 1 saturated heterocycles. The number of piperidine rings is 1. The molecule has 0 aromatic heterocycles. The molecule has 1 fully saturated rings. The standard InChI is InChI=1S/C13H24N2O2/c1-3-4-10-17-11-9-15-12(16)13(2)5-7-14-8-6-13/h3,14H,1,4-11H2,2H3,(H,15,16). The highest BCUT2D eigenvalue weighted by atomic mass is 16.5. The SMILES string of the molecule is C=CCCOCCNC(=O)C1(C)CCNCC1. The van der Waals surface area contributed by atoms with Crippen molar-refractivity contribution in [3.63, 3.8) is 0 Å². The van der Waals surface area contributed by atoms with Crippen molar-refractivity contribution < 1.29 is 9.53 Å². The highest BCUT2D eigenvalue weighted by molar-refractivity contribution is 5.82. The van der Waals surface area contributed by atoms with Crippen LogP contribution in [0.15, 0.2) is 12.7 Å². The second-order valence-electron chi connectivity index (χ2n) is 4.76. The Morgan fingerprint density at radius 2 is 2.18 bits per heavy atom. The first-order valence-electron chi connectivity index (χ1n) is 6.37. The summed E-state index contributed by atoms with van der Waals surface area (Å²) in [4.78, 5) is 12.0. The number of rotatable bonds is 7. The molecule has 0 radical (unpaired) electrons. The predicted molar refractivity (Wildman–Crippen MR) is 68.9 cm³/mol. The molecule has 0 bridgehead atoms. The Kier molecular flexibility index (Phi) is 6.22. The van der Waals surface area contributed by atoms with E-state index in [4.69, 9.17) is 4.74 Å². The van der Waals surface area contributed by atoms with Crippen LogP contribution >= 0.6 is 0 Å². The van der Waals surface area contributed by atoms with Crippen LogP contribution in [0.25, 0.3) is 0 Å². The van der Waals surface area contributed by atoms with E-state index < -0.39 is 0 Å². The summed E-state index contributed by atoms with van der Waals surface area (Å²) in [7, 11) is 0. The third kappa shape index (κ3) is 4.88. The van der Waals surface area contributed by atoms with Gasteiger partial charge in [0.15, 0.2) is 0 Å². The third-order valence-electron chi connectivity index (χ3n) is 3.25. The molecule has 4 nitrogen and oxygen atoms in total. The number of carbonyl (C=O) groups excluding carboxylic acids is 1. The highest BCUT2D eigenvalue weighted by Gasteiger charge is 2.33. The summed E-state index contributed by atoms with van der Waals surface area (Å²) in [6, 6.07) is 0. The summed E-state index contributed by atoms with van der Waals surface area (Å²) in [5, 5.41) is 6.22. The lowest BCUT2D eigenvalue weighted by molar-refractivity contribution is -0.131. The summed E-state index contributed by atoms with van der Waals surface area (Å²) in [6.45, 7) is 9.38. The summed E-state index contributed by atoms with van der Waals surface area (Å²) >= 11 is 0. The van der Waals surface area contributed by atoms with Crippen molar-refractivity contribution in [2.24, 2.45) is 5.41 Å². The number of hydrogen-bond donors (Lipinski definition) is 2. The Labute approximate surface area is 104 Å². The van der Waals surface area contributed by atoms with Gasteiger partial charge in [-0.2, -0.15) is 0 Å². The fourth-order valence-corrected chi connectivity index (χ4v) is 1.92. The molecule has 17 heavy (non-hydrogen) atoms. The van der Waals surface area contributed by atoms with Gasteiger partial charge in [-0.1, -0.05) is 13.0 Å². The van der Waals surface area contributed by atoms with E-state index in [0.29, 0.717) is 19.8 Å². The van der Waals surface area contributed by atoms with E-state index in [0.717, 1.165) is 32.4 Å². The summed E-state index contributed by atoms with van der Waals surface area (Å²) in [5.41, 5.74) is -0.202. The topological polar surface area (TPSA) is 50.4 Å². The van der Waals surface area contributed by atoms with E-state index in [1.807, 2.05) is 13.0 Å². The molecule has 1 aliphatic rings. The second kappa shape index (κ2) is 7.45. The number of amides is 1. The number of carbonyl (C=O) groups is 1. The Hall–Kier alpha value is -0.870. The molecule has 4 heteroatoms. The normalized spacial score (nSPS) is 18.6. The van der Waals surface area contributed by atoms with Crippen molar-refractivity contribution in [2.45, 2.75) is 26.2 Å². The molecule has 0 saturated carbocycles. The largest absolute Gasteiger partial charge is 0.379 e. The van der Waals surface area contributed by atoms with Gasteiger partial charge >= 0.3 is 0 Å². The quantitative estimate of drug-likeness (QED) is 0.517. The van der Waals surface area contributed by atoms with Gasteiger partial charge < -0.3 is 15.4 Å². The smallest absolute Gasteiger partial charge is 0.226 e. The van der Waals surface area contributed by atoms with Crippen molar-refractivity contribution in [1.29, 1.82) is 0 Å². The minimum absolute atomic E-state index is 0.159. The average Bonchev–Trinajstić information content (AvgIpc) is 2.34. The van der Waals surface area contributed by atoms with Gasteiger partial charge in [-0.25, -0.2) is 0 Å². The molecule has 0 aromatic carbocycles. The molecule has 0 spiro atoms. The van der Waals surface area contributed by atoms with Crippen molar-refractivity contribution in [3.8, 4) is 0 Å². The molecular formula is C13H24N2O2. The first-order chi connectivity index (χ1) is 8.19. The van der Waals surface area contributed by atoms with Crippen molar-refractivity contribution in [3.05, 3.63) is 12.7 Å². The van der Waals surface area contributed by atoms with Gasteiger partial charge in [0.2, 0.25) is 5.91 Å². The van der Waals surface area contributed by atoms with Crippen molar-refractivity contribution in [2.75, 3.05) is 32.8 Å². The fraction of sp³-hybridized carbons (Fsp3) is 0.769. The Balaban J connectivity index is 2.13. The maximum absolute atomic E-state index is 12.0. The van der Waals surface area contributed by atoms with E-state index in [-0.39, 0.29) is 11.3 Å². The number of nitrogens with one attached hydrogen (secondary N) is 2. The Bertz CT molecular complexity index is 248. The highest BCUT2D eigenvalue weighted by Crippen LogP contribution is 2.27. The summed E-state index contributed by atoms with van der Waals surface area (Å²) in [5.74, 6) is 0.159. The van der Waals surface area contributed by atoms with Crippen LogP contribution in [0.5, 0.6) is 0 Å². The maximum atomic E-state index is 12.0. The maximum Gasteiger partial charge on any atom is 0.226 e. The molecule has 0 atom stereocenters. The lowest BCUT2D eigenvalue weighted by Crippen LogP contribution is -2.46. The van der Waals surface area contributed by atoms with Crippen LogP contribution in [0, 0.1) is 5.41 Å². The molecule has 1 aliphatic heterocycles. The fourth-order valence-electron chi connectivity index (χ4n) is 1.92. The van der Waals surface area contributed by atoms with Crippen LogP contribution in [-0.2, 0) is 9.53 Å². The molecule has 0 unspecified atom stereocenters. The van der Waals surface area contributed by atoms with E-state index in [2.05, 4.69) is 17.2 Å². The summed E-state index contributed by atoms with van der Waals surface area (Å²) < 4.78 is 5.35. The average molecular weight is 240 g/mol. The van der Waals surface area contributed by atoms with E-state index in [1.165, 1.54) is 0 Å². The zero-order valence-electron chi connectivity index (χ0n) is 10.8. The minimum Gasteiger partial charge on any atom is -0.379 e. The molecule has 98 valence electrons. The molecule has 2 N–H and O–H groups in total. The van der Waals surface area contributed by atoms with Gasteiger partial charge in [0, 0.05) is 12.0 Å². The molecule has 1 heterocycles. The van der Waals surface area contributed by atoms with Crippen LogP contribution in [0.4, 0.5) is 0 Å². The lowest BCUT2D eigenvalue weighted by Gasteiger charge is -2.32. The predicted octanol–water partition coefficient (Wildman–Crippen LogP) is 1.08. The van der Waals surface area contributed by atoms with Crippen LogP contribution in [0.2, 0.25) is 0 Å². The minimum atomic E-state index is -0.202. The van der Waals surface area contributed by atoms with Crippen LogP contribution < -0.4 is 10.6 Å². The van der Waals surface area contributed by atoms with Gasteiger partial charge in [0.05, 0.1) is 13.2 Å². The Morgan fingerprint density at radius 1 is 1.47 bits per heavy atom. The van der Waals surface area contributed by atoms with Gasteiger partial charge in [-0.3, -0.25) is 4.79 Å². The summed E-state index contributed by atoms with van der Waals surface area (Å²) in [6.07, 6.45) is 4.51. The van der Waals surface area contributed by atoms with Gasteiger partial charge in [0.1, 0.15) is 0 Å². The van der Waals surface area contributed by atoms with Crippen molar-refractivity contribution >= 4 is 5.91 Å². The first kappa shape index (κ1) is 14.2. The molecule has 1 rings (SSSR count). The van der Waals surface area contributed by atoms with Gasteiger partial charge in [0.25, 0.3) is 0 Å². The second-order valence-corrected chi connectivity index (χ2v) is 4.76. The molecule has 0 aliphatic carbocycles. The van der Waals surface area contributed by atoms with Crippen molar-refractivity contribution in [1.82, 2.24) is 10.6 Å². The van der Waals surface area contributed by atoms with Gasteiger partial charge in [-0.15, -0.1) is 6.58 Å². The monoisotopic (exact) mass is 240 g/mol. The lowest BCUT2D eigenvalue weighted by atomic mass is 9.80. The third-order valence-corrected chi connectivity index (χ3v) is 3.25. The molecule has 0 aromatic rings. The Morgan fingerprint density at radius 3 is 2.82 bits per heavy atom. The number of hydrogen-bond acceptors (Lipinski definition) is 3. The van der Waals surface area contributed by atoms with Gasteiger partial charge in [-0.05, 0) is 32.4 Å². The molecule has 1 amide bonds. The van der Waals surface area contributed by atoms with E-state index in [1.54, 1.807) is 0 Å². The van der Waals surface area contributed by atoms with Crippen LogP contribution in [-0.4, -0.2) is 38.8 Å². The van der Waals surface area contributed by atoms with Crippen LogP contribution in [0.1, 0.15) is 26.2 Å². The number of ether oxygens (including phenoxy) is 1.